The molecule has 0 aliphatic carbocycles. The first kappa shape index (κ1) is 9.69. The first-order valence-electron chi connectivity index (χ1n) is 3.79. The number of aromatic nitrogens is 1. The molecule has 3 nitrogen and oxygen atoms in total. The highest BCUT2D eigenvalue weighted by Gasteiger charge is 2.05. The summed E-state index contributed by atoms with van der Waals surface area (Å²) in [5.41, 5.74) is 0.446. The van der Waals surface area contributed by atoms with Crippen molar-refractivity contribution in [1.82, 2.24) is 10.3 Å². The summed E-state index contributed by atoms with van der Waals surface area (Å²) in [7, 11) is 0. The molecule has 0 aromatic carbocycles. The number of H-pyrrole nitrogens is 1. The Balaban J connectivity index is 2.45. The van der Waals surface area contributed by atoms with E-state index in [1.807, 2.05) is 0 Å². The maximum absolute atomic E-state index is 11.3. The Morgan fingerprint density at radius 2 is 2.54 bits per heavy atom. The van der Waals surface area contributed by atoms with Crippen LogP contribution in [0.4, 0.5) is 0 Å². The van der Waals surface area contributed by atoms with Gasteiger partial charge in [0.15, 0.2) is 0 Å². The van der Waals surface area contributed by atoms with Crippen LogP contribution in [0.2, 0.25) is 5.02 Å². The lowest BCUT2D eigenvalue weighted by Gasteiger charge is -1.99. The van der Waals surface area contributed by atoms with Gasteiger partial charge in [-0.05, 0) is 6.07 Å². The van der Waals surface area contributed by atoms with Crippen LogP contribution in [0.3, 0.4) is 0 Å². The van der Waals surface area contributed by atoms with Gasteiger partial charge in [-0.1, -0.05) is 11.6 Å². The van der Waals surface area contributed by atoms with Gasteiger partial charge in [0.2, 0.25) is 0 Å². The van der Waals surface area contributed by atoms with E-state index in [2.05, 4.69) is 16.2 Å². The molecule has 13 heavy (non-hydrogen) atoms. The average Bonchev–Trinajstić information content (AvgIpc) is 2.52. The first-order chi connectivity index (χ1) is 6.24. The molecule has 0 saturated carbocycles. The van der Waals surface area contributed by atoms with Crippen LogP contribution in [0, 0.1) is 12.3 Å². The minimum absolute atomic E-state index is 0.192. The van der Waals surface area contributed by atoms with Gasteiger partial charge in [0, 0.05) is 19.2 Å². The Bertz CT molecular complexity index is 338. The predicted molar refractivity (Wildman–Crippen MR) is 51.6 cm³/mol. The van der Waals surface area contributed by atoms with Crippen LogP contribution in [0.5, 0.6) is 0 Å². The Kier molecular flexibility index (Phi) is 3.41. The van der Waals surface area contributed by atoms with Gasteiger partial charge in [-0.25, -0.2) is 0 Å². The number of hydrogen-bond donors (Lipinski definition) is 2. The van der Waals surface area contributed by atoms with Crippen molar-refractivity contribution < 1.29 is 4.79 Å². The van der Waals surface area contributed by atoms with Crippen LogP contribution in [0.25, 0.3) is 0 Å². The van der Waals surface area contributed by atoms with Crippen molar-refractivity contribution in [1.29, 1.82) is 0 Å². The smallest absolute Gasteiger partial charge is 0.267 e. The van der Waals surface area contributed by atoms with E-state index in [4.69, 9.17) is 18.0 Å². The third-order valence-corrected chi connectivity index (χ3v) is 1.67. The lowest BCUT2D eigenvalue weighted by Crippen LogP contribution is -2.24. The van der Waals surface area contributed by atoms with Crippen molar-refractivity contribution in [2.75, 3.05) is 6.54 Å². The number of nitrogens with one attached hydrogen (secondary N) is 2. The molecule has 1 aromatic rings. The minimum atomic E-state index is -0.192. The van der Waals surface area contributed by atoms with Crippen LogP contribution in [-0.2, 0) is 0 Å². The summed E-state index contributed by atoms with van der Waals surface area (Å²) in [6.45, 7) is 0.478. The highest BCUT2D eigenvalue weighted by Crippen LogP contribution is 2.08. The van der Waals surface area contributed by atoms with Crippen molar-refractivity contribution >= 4 is 17.5 Å². The SMILES string of the molecule is C#CCCNC(=O)c1cc(Cl)c[nH]1. The van der Waals surface area contributed by atoms with Crippen LogP contribution < -0.4 is 5.32 Å². The van der Waals surface area contributed by atoms with Crippen molar-refractivity contribution in [2.45, 2.75) is 6.42 Å². The van der Waals surface area contributed by atoms with Crippen LogP contribution >= 0.6 is 11.6 Å². The van der Waals surface area contributed by atoms with E-state index in [9.17, 15) is 4.79 Å². The number of carbonyl (C=O) groups is 1. The first-order valence-corrected chi connectivity index (χ1v) is 4.17. The standard InChI is InChI=1S/C9H9ClN2O/c1-2-3-4-11-9(13)8-5-7(10)6-12-8/h1,5-6,12H,3-4H2,(H,11,13). The third kappa shape index (κ3) is 2.85. The fourth-order valence-electron chi connectivity index (χ4n) is 0.842. The maximum Gasteiger partial charge on any atom is 0.267 e. The molecule has 2 N–H and O–H groups in total. The zero-order valence-corrected chi connectivity index (χ0v) is 7.69. The topological polar surface area (TPSA) is 44.9 Å². The minimum Gasteiger partial charge on any atom is -0.356 e. The Hall–Kier alpha value is -1.40. The number of hydrogen-bond acceptors (Lipinski definition) is 1. The molecule has 0 aliphatic rings. The number of aromatic amines is 1. The zero-order valence-electron chi connectivity index (χ0n) is 6.93. The van der Waals surface area contributed by atoms with Crippen molar-refractivity contribution in [2.24, 2.45) is 0 Å². The fraction of sp³-hybridized carbons (Fsp3) is 0.222. The predicted octanol–water partition coefficient (Wildman–Crippen LogP) is 1.42. The molecule has 0 bridgehead atoms. The second-order valence-electron chi connectivity index (χ2n) is 2.44. The molecule has 0 aliphatic heterocycles. The number of halogens is 1. The molecule has 0 saturated heterocycles. The molecule has 1 rings (SSSR count). The highest BCUT2D eigenvalue weighted by molar-refractivity contribution is 6.30. The van der Waals surface area contributed by atoms with Gasteiger partial charge in [0.05, 0.1) is 5.02 Å². The summed E-state index contributed by atoms with van der Waals surface area (Å²) >= 11 is 5.62. The Labute approximate surface area is 81.5 Å². The normalized spacial score (nSPS) is 9.23. The molecule has 0 spiro atoms. The summed E-state index contributed by atoms with van der Waals surface area (Å²) in [5, 5.41) is 3.16. The second kappa shape index (κ2) is 4.58. The molecule has 0 atom stereocenters. The van der Waals surface area contributed by atoms with Crippen molar-refractivity contribution in [3.63, 3.8) is 0 Å². The summed E-state index contributed by atoms with van der Waals surface area (Å²) in [6, 6.07) is 1.56. The third-order valence-electron chi connectivity index (χ3n) is 1.45. The number of carbonyl (C=O) groups excluding carboxylic acids is 1. The van der Waals surface area contributed by atoms with Crippen LogP contribution in [-0.4, -0.2) is 17.4 Å². The summed E-state index contributed by atoms with van der Waals surface area (Å²) in [5.74, 6) is 2.24. The number of amides is 1. The molecule has 0 fully saturated rings. The quantitative estimate of drug-likeness (QED) is 0.558. The van der Waals surface area contributed by atoms with E-state index in [-0.39, 0.29) is 5.91 Å². The molecule has 1 amide bonds. The Morgan fingerprint density at radius 1 is 1.77 bits per heavy atom. The molecule has 68 valence electrons. The summed E-state index contributed by atoms with van der Waals surface area (Å²) < 4.78 is 0. The van der Waals surface area contributed by atoms with Gasteiger partial charge >= 0.3 is 0 Å². The maximum atomic E-state index is 11.3. The van der Waals surface area contributed by atoms with Crippen LogP contribution in [0.15, 0.2) is 12.3 Å². The Morgan fingerprint density at radius 3 is 3.08 bits per heavy atom. The van der Waals surface area contributed by atoms with Gasteiger partial charge in [-0.2, -0.15) is 0 Å². The van der Waals surface area contributed by atoms with Gasteiger partial charge in [-0.3, -0.25) is 4.79 Å². The van der Waals surface area contributed by atoms with Gasteiger partial charge in [-0.15, -0.1) is 12.3 Å². The molecular formula is C9H9ClN2O. The van der Waals surface area contributed by atoms with Gasteiger partial charge in [0.1, 0.15) is 5.69 Å². The molecule has 4 heteroatoms. The van der Waals surface area contributed by atoms with E-state index in [1.54, 1.807) is 12.3 Å². The highest BCUT2D eigenvalue weighted by atomic mass is 35.5. The number of rotatable bonds is 3. The monoisotopic (exact) mass is 196 g/mol. The van der Waals surface area contributed by atoms with E-state index >= 15 is 0 Å². The van der Waals surface area contributed by atoms with Crippen molar-refractivity contribution in [3.8, 4) is 12.3 Å². The van der Waals surface area contributed by atoms with Gasteiger partial charge < -0.3 is 10.3 Å². The van der Waals surface area contributed by atoms with Crippen LogP contribution in [0.1, 0.15) is 16.9 Å². The molecule has 1 aromatic heterocycles. The lowest BCUT2D eigenvalue weighted by molar-refractivity contribution is 0.0950. The van der Waals surface area contributed by atoms with E-state index in [0.29, 0.717) is 23.7 Å². The molecular weight excluding hydrogens is 188 g/mol. The molecule has 0 unspecified atom stereocenters. The zero-order chi connectivity index (χ0) is 9.68. The summed E-state index contributed by atoms with van der Waals surface area (Å²) in [4.78, 5) is 14.0. The molecule has 1 heterocycles. The van der Waals surface area contributed by atoms with E-state index in [0.717, 1.165) is 0 Å². The lowest BCUT2D eigenvalue weighted by atomic mass is 10.4. The largest absolute Gasteiger partial charge is 0.356 e. The summed E-state index contributed by atoms with van der Waals surface area (Å²) in [6.07, 6.45) is 7.11. The van der Waals surface area contributed by atoms with E-state index < -0.39 is 0 Å². The van der Waals surface area contributed by atoms with Gasteiger partial charge in [0.25, 0.3) is 5.91 Å². The average molecular weight is 197 g/mol. The molecule has 0 radical (unpaired) electrons. The number of terminal acetylenes is 1. The second-order valence-corrected chi connectivity index (χ2v) is 2.88. The fourth-order valence-corrected chi connectivity index (χ4v) is 1.01. The van der Waals surface area contributed by atoms with E-state index in [1.165, 1.54) is 0 Å². The van der Waals surface area contributed by atoms with Crippen molar-refractivity contribution in [3.05, 3.63) is 23.0 Å².